The van der Waals surface area contributed by atoms with E-state index < -0.39 is 5.95 Å². The maximum atomic E-state index is 12.9. The summed E-state index contributed by atoms with van der Waals surface area (Å²) < 4.78 is 12.9. The molecule has 0 saturated carbocycles. The first kappa shape index (κ1) is 10.9. The van der Waals surface area contributed by atoms with E-state index in [9.17, 15) is 4.39 Å². The molecule has 2 aromatic heterocycles. The molecule has 0 saturated heterocycles. The standard InChI is InChI=1S/C11H15FN4/c1-3-9(13-2)15-10-6-7-4-5-8(12)14-11(7)16-10/h4-6,9,13,15H,3H2,1-2H3,(H,14,16). The highest BCUT2D eigenvalue weighted by molar-refractivity contribution is 5.80. The molecule has 0 aliphatic carbocycles. The van der Waals surface area contributed by atoms with Gasteiger partial charge in [0.1, 0.15) is 11.5 Å². The highest BCUT2D eigenvalue weighted by atomic mass is 19.1. The average Bonchev–Trinajstić information content (AvgIpc) is 2.67. The molecular formula is C11H15FN4. The summed E-state index contributed by atoms with van der Waals surface area (Å²) in [6, 6.07) is 4.98. The van der Waals surface area contributed by atoms with E-state index in [-0.39, 0.29) is 6.17 Å². The van der Waals surface area contributed by atoms with Gasteiger partial charge in [0.15, 0.2) is 0 Å². The number of fused-ring (bicyclic) bond motifs is 1. The lowest BCUT2D eigenvalue weighted by Gasteiger charge is -2.15. The zero-order valence-corrected chi connectivity index (χ0v) is 9.34. The smallest absolute Gasteiger partial charge is 0.214 e. The summed E-state index contributed by atoms with van der Waals surface area (Å²) in [5.74, 6) is 0.371. The number of hydrogen-bond acceptors (Lipinski definition) is 3. The van der Waals surface area contributed by atoms with Crippen molar-refractivity contribution in [2.45, 2.75) is 19.5 Å². The van der Waals surface area contributed by atoms with Gasteiger partial charge in [0.05, 0.1) is 6.17 Å². The van der Waals surface area contributed by atoms with E-state index in [1.165, 1.54) is 6.07 Å². The molecule has 0 spiro atoms. The molecule has 2 aromatic rings. The summed E-state index contributed by atoms with van der Waals surface area (Å²) in [7, 11) is 1.89. The number of nitrogens with zero attached hydrogens (tertiary/aromatic N) is 1. The van der Waals surface area contributed by atoms with Crippen LogP contribution in [0.5, 0.6) is 0 Å². The molecule has 86 valence electrons. The van der Waals surface area contributed by atoms with Gasteiger partial charge in [-0.25, -0.2) is 4.98 Å². The van der Waals surface area contributed by atoms with Gasteiger partial charge in [-0.1, -0.05) is 6.92 Å². The Morgan fingerprint density at radius 1 is 1.50 bits per heavy atom. The van der Waals surface area contributed by atoms with Gasteiger partial charge in [0.25, 0.3) is 0 Å². The summed E-state index contributed by atoms with van der Waals surface area (Å²) in [6.07, 6.45) is 1.14. The number of pyridine rings is 1. The Labute approximate surface area is 93.3 Å². The van der Waals surface area contributed by atoms with Gasteiger partial charge in [-0.2, -0.15) is 4.39 Å². The van der Waals surface area contributed by atoms with Gasteiger partial charge in [-0.15, -0.1) is 0 Å². The predicted molar refractivity (Wildman–Crippen MR) is 62.8 cm³/mol. The Balaban J connectivity index is 2.25. The molecule has 3 N–H and O–H groups in total. The fraction of sp³-hybridized carbons (Fsp3) is 0.364. The summed E-state index contributed by atoms with van der Waals surface area (Å²) in [4.78, 5) is 6.81. The van der Waals surface area contributed by atoms with Crippen molar-refractivity contribution in [3.8, 4) is 0 Å². The summed E-state index contributed by atoms with van der Waals surface area (Å²) in [5, 5.41) is 7.29. The SMILES string of the molecule is CCC(NC)Nc1cc2ccc(F)nc2[nH]1. The van der Waals surface area contributed by atoms with Crippen LogP contribution in [-0.2, 0) is 0 Å². The van der Waals surface area contributed by atoms with Crippen molar-refractivity contribution in [1.29, 1.82) is 0 Å². The lowest BCUT2D eigenvalue weighted by atomic mass is 10.3. The largest absolute Gasteiger partial charge is 0.356 e. The maximum absolute atomic E-state index is 12.9. The molecule has 1 unspecified atom stereocenters. The second kappa shape index (κ2) is 4.49. The van der Waals surface area contributed by atoms with Crippen LogP contribution in [0.15, 0.2) is 18.2 Å². The molecule has 5 heteroatoms. The third-order valence-corrected chi connectivity index (χ3v) is 2.53. The van der Waals surface area contributed by atoms with Crippen LogP contribution < -0.4 is 10.6 Å². The van der Waals surface area contributed by atoms with Crippen molar-refractivity contribution in [1.82, 2.24) is 15.3 Å². The Kier molecular flexibility index (Phi) is 3.05. The molecule has 0 radical (unpaired) electrons. The van der Waals surface area contributed by atoms with Gasteiger partial charge < -0.3 is 15.6 Å². The van der Waals surface area contributed by atoms with Gasteiger partial charge >= 0.3 is 0 Å². The lowest BCUT2D eigenvalue weighted by molar-refractivity contribution is 0.588. The minimum Gasteiger partial charge on any atom is -0.356 e. The Morgan fingerprint density at radius 2 is 2.31 bits per heavy atom. The van der Waals surface area contributed by atoms with Gasteiger partial charge in [-0.05, 0) is 31.7 Å². The predicted octanol–water partition coefficient (Wildman–Crippen LogP) is 2.07. The molecule has 0 aliphatic heterocycles. The molecule has 2 rings (SSSR count). The van der Waals surface area contributed by atoms with Crippen molar-refractivity contribution in [3.05, 3.63) is 24.1 Å². The molecule has 16 heavy (non-hydrogen) atoms. The third-order valence-electron chi connectivity index (χ3n) is 2.53. The second-order valence-corrected chi connectivity index (χ2v) is 3.65. The van der Waals surface area contributed by atoms with E-state index in [4.69, 9.17) is 0 Å². The molecule has 1 atom stereocenters. The second-order valence-electron chi connectivity index (χ2n) is 3.65. The van der Waals surface area contributed by atoms with Gasteiger partial charge in [0.2, 0.25) is 5.95 Å². The molecular weight excluding hydrogens is 207 g/mol. The minimum atomic E-state index is -0.471. The molecule has 2 heterocycles. The Bertz CT molecular complexity index is 476. The number of aromatic amines is 1. The van der Waals surface area contributed by atoms with Crippen LogP contribution in [0.3, 0.4) is 0 Å². The number of nitrogens with one attached hydrogen (secondary N) is 3. The summed E-state index contributed by atoms with van der Waals surface area (Å²) in [5.41, 5.74) is 0.563. The van der Waals surface area contributed by atoms with E-state index in [1.54, 1.807) is 6.07 Å². The molecule has 0 aromatic carbocycles. The first-order chi connectivity index (χ1) is 7.72. The maximum Gasteiger partial charge on any atom is 0.214 e. The van der Waals surface area contributed by atoms with Gasteiger partial charge in [-0.3, -0.25) is 0 Å². The average molecular weight is 222 g/mol. The minimum absolute atomic E-state index is 0.193. The lowest BCUT2D eigenvalue weighted by Crippen LogP contribution is -2.32. The number of anilines is 1. The normalized spacial score (nSPS) is 12.9. The quantitative estimate of drug-likeness (QED) is 0.548. The highest BCUT2D eigenvalue weighted by Gasteiger charge is 2.06. The van der Waals surface area contributed by atoms with E-state index in [2.05, 4.69) is 27.5 Å². The van der Waals surface area contributed by atoms with Crippen LogP contribution in [0, 0.1) is 5.95 Å². The van der Waals surface area contributed by atoms with Crippen LogP contribution in [0.25, 0.3) is 11.0 Å². The number of aromatic nitrogens is 2. The van der Waals surface area contributed by atoms with Crippen molar-refractivity contribution in [2.75, 3.05) is 12.4 Å². The van der Waals surface area contributed by atoms with E-state index in [0.29, 0.717) is 5.65 Å². The summed E-state index contributed by atoms with van der Waals surface area (Å²) >= 11 is 0. The zero-order valence-electron chi connectivity index (χ0n) is 9.34. The van der Waals surface area contributed by atoms with Crippen LogP contribution in [0.4, 0.5) is 10.2 Å². The summed E-state index contributed by atoms with van der Waals surface area (Å²) in [6.45, 7) is 2.08. The first-order valence-electron chi connectivity index (χ1n) is 5.32. The first-order valence-corrected chi connectivity index (χ1v) is 5.32. The van der Waals surface area contributed by atoms with Crippen molar-refractivity contribution < 1.29 is 4.39 Å². The van der Waals surface area contributed by atoms with Gasteiger partial charge in [0, 0.05) is 5.39 Å². The van der Waals surface area contributed by atoms with E-state index >= 15 is 0 Å². The van der Waals surface area contributed by atoms with E-state index in [1.807, 2.05) is 13.1 Å². The third kappa shape index (κ3) is 2.14. The Morgan fingerprint density at radius 3 is 3.00 bits per heavy atom. The van der Waals surface area contributed by atoms with Crippen LogP contribution in [-0.4, -0.2) is 23.2 Å². The number of hydrogen-bond donors (Lipinski definition) is 3. The van der Waals surface area contributed by atoms with Crippen molar-refractivity contribution in [3.63, 3.8) is 0 Å². The monoisotopic (exact) mass is 222 g/mol. The molecule has 0 bridgehead atoms. The number of halogens is 1. The zero-order chi connectivity index (χ0) is 11.5. The van der Waals surface area contributed by atoms with Crippen LogP contribution in [0.1, 0.15) is 13.3 Å². The molecule has 0 amide bonds. The topological polar surface area (TPSA) is 52.7 Å². The fourth-order valence-corrected chi connectivity index (χ4v) is 1.63. The van der Waals surface area contributed by atoms with Crippen LogP contribution >= 0.6 is 0 Å². The number of H-pyrrole nitrogens is 1. The van der Waals surface area contributed by atoms with Crippen LogP contribution in [0.2, 0.25) is 0 Å². The van der Waals surface area contributed by atoms with Crippen molar-refractivity contribution in [2.24, 2.45) is 0 Å². The Hall–Kier alpha value is -1.62. The molecule has 4 nitrogen and oxygen atoms in total. The van der Waals surface area contributed by atoms with Crippen molar-refractivity contribution >= 4 is 16.9 Å². The van der Waals surface area contributed by atoms with E-state index in [0.717, 1.165) is 17.6 Å². The molecule has 0 fully saturated rings. The fourth-order valence-electron chi connectivity index (χ4n) is 1.63. The highest BCUT2D eigenvalue weighted by Crippen LogP contribution is 2.17. The molecule has 0 aliphatic rings. The number of rotatable bonds is 4.